The van der Waals surface area contributed by atoms with Crippen LogP contribution in [-0.2, 0) is 0 Å². The van der Waals surface area contributed by atoms with E-state index in [9.17, 15) is 0 Å². The van der Waals surface area contributed by atoms with Crippen LogP contribution in [0.5, 0.6) is 11.5 Å². The van der Waals surface area contributed by atoms with Crippen molar-refractivity contribution < 1.29 is 9.47 Å². The molecule has 0 aliphatic heterocycles. The van der Waals surface area contributed by atoms with Crippen LogP contribution >= 0.6 is 0 Å². The molecule has 2 aromatic rings. The third-order valence-corrected chi connectivity index (χ3v) is 2.70. The summed E-state index contributed by atoms with van der Waals surface area (Å²) >= 11 is 0. The van der Waals surface area contributed by atoms with Crippen LogP contribution in [0.4, 0.5) is 22.7 Å². The summed E-state index contributed by atoms with van der Waals surface area (Å²) in [6.07, 6.45) is 0. The maximum Gasteiger partial charge on any atom is 0.148 e. The van der Waals surface area contributed by atoms with Crippen molar-refractivity contribution in [3.05, 3.63) is 36.4 Å². The van der Waals surface area contributed by atoms with Crippen molar-refractivity contribution in [2.24, 2.45) is 10.2 Å². The lowest BCUT2D eigenvalue weighted by atomic mass is 10.2. The summed E-state index contributed by atoms with van der Waals surface area (Å²) < 4.78 is 10.4. The van der Waals surface area contributed by atoms with E-state index in [2.05, 4.69) is 10.2 Å². The molecule has 6 nitrogen and oxygen atoms in total. The van der Waals surface area contributed by atoms with Gasteiger partial charge >= 0.3 is 0 Å². The largest absolute Gasteiger partial charge is 0.495 e. The van der Waals surface area contributed by atoms with Crippen molar-refractivity contribution in [1.82, 2.24) is 0 Å². The van der Waals surface area contributed by atoms with Gasteiger partial charge in [-0.3, -0.25) is 0 Å². The predicted molar refractivity (Wildman–Crippen MR) is 79.0 cm³/mol. The predicted octanol–water partition coefficient (Wildman–Crippen LogP) is 3.28. The first-order valence-corrected chi connectivity index (χ1v) is 5.93. The van der Waals surface area contributed by atoms with Crippen LogP contribution in [0, 0.1) is 0 Å². The number of nitrogen functional groups attached to an aromatic ring is 2. The number of rotatable bonds is 4. The van der Waals surface area contributed by atoms with E-state index in [0.29, 0.717) is 34.2 Å². The average Bonchev–Trinajstić information content (AvgIpc) is 2.47. The highest BCUT2D eigenvalue weighted by Gasteiger charge is 2.08. The van der Waals surface area contributed by atoms with E-state index in [1.807, 2.05) is 0 Å². The van der Waals surface area contributed by atoms with Crippen LogP contribution in [0.15, 0.2) is 46.6 Å². The Labute approximate surface area is 117 Å². The first kappa shape index (κ1) is 13.7. The van der Waals surface area contributed by atoms with Gasteiger partial charge in [-0.2, -0.15) is 5.11 Å². The van der Waals surface area contributed by atoms with E-state index in [0.717, 1.165) is 0 Å². The summed E-state index contributed by atoms with van der Waals surface area (Å²) in [6, 6.07) is 10.4. The molecule has 0 radical (unpaired) electrons. The Balaban J connectivity index is 2.34. The molecule has 104 valence electrons. The number of nitrogens with zero attached hydrogens (tertiary/aromatic N) is 2. The average molecular weight is 272 g/mol. The van der Waals surface area contributed by atoms with Gasteiger partial charge < -0.3 is 20.9 Å². The van der Waals surface area contributed by atoms with Crippen LogP contribution in [0.2, 0.25) is 0 Å². The maximum atomic E-state index is 5.81. The van der Waals surface area contributed by atoms with Gasteiger partial charge in [-0.25, -0.2) is 0 Å². The SMILES string of the molecule is COc1cc(N=Nc2ccc(N)cc2)c(OC)cc1N. The number of azo groups is 1. The van der Waals surface area contributed by atoms with Gasteiger partial charge in [0.1, 0.15) is 17.2 Å². The molecule has 0 atom stereocenters. The quantitative estimate of drug-likeness (QED) is 0.659. The lowest BCUT2D eigenvalue weighted by Crippen LogP contribution is -1.93. The number of ether oxygens (including phenoxy) is 2. The summed E-state index contributed by atoms with van der Waals surface area (Å²) in [7, 11) is 3.09. The van der Waals surface area contributed by atoms with E-state index in [-0.39, 0.29) is 0 Å². The second kappa shape index (κ2) is 5.92. The molecule has 0 unspecified atom stereocenters. The summed E-state index contributed by atoms with van der Waals surface area (Å²) in [5.74, 6) is 1.06. The zero-order valence-corrected chi connectivity index (χ0v) is 11.3. The summed E-state index contributed by atoms with van der Waals surface area (Å²) in [5, 5.41) is 8.27. The molecule has 0 saturated carbocycles. The lowest BCUT2D eigenvalue weighted by molar-refractivity contribution is 0.406. The maximum absolute atomic E-state index is 5.81. The number of hydrogen-bond acceptors (Lipinski definition) is 6. The van der Waals surface area contributed by atoms with Crippen LogP contribution in [0.1, 0.15) is 0 Å². The monoisotopic (exact) mass is 272 g/mol. The molecule has 0 spiro atoms. The fourth-order valence-corrected chi connectivity index (χ4v) is 1.64. The van der Waals surface area contributed by atoms with E-state index < -0.39 is 0 Å². The Morgan fingerprint density at radius 2 is 1.50 bits per heavy atom. The zero-order valence-electron chi connectivity index (χ0n) is 11.3. The van der Waals surface area contributed by atoms with Gasteiger partial charge in [0.2, 0.25) is 0 Å². The molecule has 2 aromatic carbocycles. The minimum atomic E-state index is 0.482. The number of methoxy groups -OCH3 is 2. The molecule has 2 rings (SSSR count). The molecule has 0 aromatic heterocycles. The molecule has 0 bridgehead atoms. The summed E-state index contributed by atoms with van der Waals surface area (Å²) in [6.45, 7) is 0. The molecular weight excluding hydrogens is 256 g/mol. The fourth-order valence-electron chi connectivity index (χ4n) is 1.64. The minimum Gasteiger partial charge on any atom is -0.495 e. The standard InChI is InChI=1S/C14H16N4O2/c1-19-13-8-12(14(20-2)7-11(13)16)18-17-10-5-3-9(15)4-6-10/h3-8H,15-16H2,1-2H3. The van der Waals surface area contributed by atoms with Crippen molar-refractivity contribution >= 4 is 22.7 Å². The first-order chi connectivity index (χ1) is 9.63. The van der Waals surface area contributed by atoms with Gasteiger partial charge in [-0.05, 0) is 24.3 Å². The van der Waals surface area contributed by atoms with Gasteiger partial charge in [0.15, 0.2) is 0 Å². The van der Waals surface area contributed by atoms with E-state index in [1.54, 1.807) is 50.6 Å². The third-order valence-electron chi connectivity index (χ3n) is 2.70. The van der Waals surface area contributed by atoms with Crippen molar-refractivity contribution in [2.75, 3.05) is 25.7 Å². The third kappa shape index (κ3) is 2.97. The van der Waals surface area contributed by atoms with Gasteiger partial charge in [0.25, 0.3) is 0 Å². The number of nitrogens with two attached hydrogens (primary N) is 2. The Kier molecular flexibility index (Phi) is 4.05. The Morgan fingerprint density at radius 1 is 0.850 bits per heavy atom. The molecule has 0 heterocycles. The molecule has 0 fully saturated rings. The lowest BCUT2D eigenvalue weighted by Gasteiger charge is -2.09. The Hall–Kier alpha value is -2.76. The van der Waals surface area contributed by atoms with Crippen LogP contribution in [0.3, 0.4) is 0 Å². The van der Waals surface area contributed by atoms with E-state index in [4.69, 9.17) is 20.9 Å². The molecule has 6 heteroatoms. The van der Waals surface area contributed by atoms with Crippen LogP contribution in [-0.4, -0.2) is 14.2 Å². The summed E-state index contributed by atoms with van der Waals surface area (Å²) in [5.41, 5.74) is 13.8. The molecule has 0 saturated heterocycles. The smallest absolute Gasteiger partial charge is 0.148 e. The van der Waals surface area contributed by atoms with Crippen molar-refractivity contribution in [1.29, 1.82) is 0 Å². The van der Waals surface area contributed by atoms with Crippen molar-refractivity contribution in [3.8, 4) is 11.5 Å². The van der Waals surface area contributed by atoms with E-state index in [1.165, 1.54) is 0 Å². The van der Waals surface area contributed by atoms with Gasteiger partial charge in [-0.1, -0.05) is 0 Å². The van der Waals surface area contributed by atoms with Crippen molar-refractivity contribution in [3.63, 3.8) is 0 Å². The Morgan fingerprint density at radius 3 is 2.10 bits per heavy atom. The number of benzene rings is 2. The van der Waals surface area contributed by atoms with Crippen LogP contribution < -0.4 is 20.9 Å². The molecule has 0 aliphatic rings. The molecule has 4 N–H and O–H groups in total. The second-order valence-electron chi connectivity index (χ2n) is 4.06. The molecule has 0 aliphatic carbocycles. The normalized spacial score (nSPS) is 10.7. The molecule has 20 heavy (non-hydrogen) atoms. The fraction of sp³-hybridized carbons (Fsp3) is 0.143. The van der Waals surface area contributed by atoms with Crippen LogP contribution in [0.25, 0.3) is 0 Å². The second-order valence-corrected chi connectivity index (χ2v) is 4.06. The molecule has 0 amide bonds. The van der Waals surface area contributed by atoms with Crippen molar-refractivity contribution in [2.45, 2.75) is 0 Å². The number of hydrogen-bond donors (Lipinski definition) is 2. The van der Waals surface area contributed by atoms with Gasteiger partial charge in [0.05, 0.1) is 25.6 Å². The molecular formula is C14H16N4O2. The summed E-state index contributed by atoms with van der Waals surface area (Å²) in [4.78, 5) is 0. The zero-order chi connectivity index (χ0) is 14.5. The van der Waals surface area contributed by atoms with E-state index >= 15 is 0 Å². The highest BCUT2D eigenvalue weighted by atomic mass is 16.5. The first-order valence-electron chi connectivity index (χ1n) is 5.93. The van der Waals surface area contributed by atoms with Gasteiger partial charge in [-0.15, -0.1) is 5.11 Å². The number of anilines is 2. The highest BCUT2D eigenvalue weighted by Crippen LogP contribution is 2.37. The van der Waals surface area contributed by atoms with Gasteiger partial charge in [0, 0.05) is 17.8 Å². The highest BCUT2D eigenvalue weighted by molar-refractivity contribution is 5.67. The minimum absolute atomic E-state index is 0.482. The Bertz CT molecular complexity index is 624. The topological polar surface area (TPSA) is 95.2 Å².